The van der Waals surface area contributed by atoms with Gasteiger partial charge in [0.1, 0.15) is 6.54 Å². The number of alkyl halides is 3. The van der Waals surface area contributed by atoms with Crippen molar-refractivity contribution in [2.24, 2.45) is 4.99 Å². The molecule has 0 fully saturated rings. The fraction of sp³-hybridized carbons (Fsp3) is 0.800. The number of aliphatic imine (C=N–C) groups is 1. The van der Waals surface area contributed by atoms with Crippen LogP contribution in [-0.2, 0) is 4.79 Å². The van der Waals surface area contributed by atoms with Crippen molar-refractivity contribution in [3.63, 3.8) is 0 Å². The Morgan fingerprint density at radius 1 is 1.39 bits per heavy atom. The lowest BCUT2D eigenvalue weighted by atomic mass is 10.4. The van der Waals surface area contributed by atoms with Gasteiger partial charge in [-0.25, -0.2) is 0 Å². The Morgan fingerprint density at radius 3 is 2.33 bits per heavy atom. The van der Waals surface area contributed by atoms with E-state index in [9.17, 15) is 18.0 Å². The summed E-state index contributed by atoms with van der Waals surface area (Å²) in [4.78, 5) is 15.9. The van der Waals surface area contributed by atoms with Gasteiger partial charge in [-0.05, 0) is 13.8 Å². The Labute approximate surface area is 104 Å². The fourth-order valence-electron chi connectivity index (χ4n) is 1.12. The van der Waals surface area contributed by atoms with E-state index in [1.807, 2.05) is 13.8 Å². The summed E-state index contributed by atoms with van der Waals surface area (Å²) in [6.45, 7) is 2.26. The minimum atomic E-state index is -4.39. The van der Waals surface area contributed by atoms with E-state index in [1.165, 1.54) is 7.05 Å². The average Bonchev–Trinajstić information content (AvgIpc) is 2.20. The second-order valence-corrected chi connectivity index (χ2v) is 4.09. The van der Waals surface area contributed by atoms with Crippen LogP contribution in [0.5, 0.6) is 0 Å². The van der Waals surface area contributed by atoms with Crippen molar-refractivity contribution in [3.8, 4) is 0 Å². The summed E-state index contributed by atoms with van der Waals surface area (Å²) in [5.41, 5.74) is 0. The van der Waals surface area contributed by atoms with E-state index in [0.29, 0.717) is 10.9 Å². The first kappa shape index (κ1) is 16.5. The molecule has 0 atom stereocenters. The molecule has 0 aliphatic heterocycles. The normalized spacial score (nSPS) is 12.6. The van der Waals surface area contributed by atoms with Crippen LogP contribution in [0.25, 0.3) is 0 Å². The van der Waals surface area contributed by atoms with Gasteiger partial charge in [0.2, 0.25) is 5.91 Å². The predicted octanol–water partition coefficient (Wildman–Crippen LogP) is 0.580. The second-order valence-electron chi connectivity index (χ2n) is 4.09. The van der Waals surface area contributed by atoms with E-state index in [2.05, 4.69) is 15.6 Å². The van der Waals surface area contributed by atoms with E-state index in [1.54, 1.807) is 0 Å². The number of nitrogens with one attached hydrogen (secondary N) is 2. The third kappa shape index (κ3) is 7.75. The number of hydrogen-bond acceptors (Lipinski definition) is 2. The summed E-state index contributed by atoms with van der Waals surface area (Å²) in [6.07, 6.45) is -4.39. The third-order valence-corrected chi connectivity index (χ3v) is 1.90. The quantitative estimate of drug-likeness (QED) is 0.579. The molecule has 18 heavy (non-hydrogen) atoms. The van der Waals surface area contributed by atoms with Crippen molar-refractivity contribution >= 4 is 11.9 Å². The molecule has 0 spiro atoms. The van der Waals surface area contributed by atoms with Gasteiger partial charge in [-0.15, -0.1) is 0 Å². The molecular weight excluding hydrogens is 249 g/mol. The highest BCUT2D eigenvalue weighted by atomic mass is 19.4. The molecule has 1 amide bonds. The summed E-state index contributed by atoms with van der Waals surface area (Å²) in [5.74, 6) is -0.280. The standard InChI is InChI=1S/C10H19F3N4O/c1-7(2)16-9(14-3)15-5-8(18)17(4)6-10(11,12)13/h7H,5-6H2,1-4H3,(H2,14,15,16). The van der Waals surface area contributed by atoms with Gasteiger partial charge in [0, 0.05) is 20.1 Å². The van der Waals surface area contributed by atoms with Crippen molar-refractivity contribution in [2.75, 3.05) is 27.2 Å². The Hall–Kier alpha value is -1.47. The number of amides is 1. The molecule has 0 radical (unpaired) electrons. The monoisotopic (exact) mass is 268 g/mol. The molecule has 0 saturated heterocycles. The second kappa shape index (κ2) is 7.07. The summed E-state index contributed by atoms with van der Waals surface area (Å²) < 4.78 is 36.2. The number of nitrogens with zero attached hydrogens (tertiary/aromatic N) is 2. The molecule has 8 heteroatoms. The minimum absolute atomic E-state index is 0.110. The first-order chi connectivity index (χ1) is 8.15. The maximum absolute atomic E-state index is 12.1. The van der Waals surface area contributed by atoms with Gasteiger partial charge in [0.25, 0.3) is 0 Å². The van der Waals surface area contributed by atoms with Crippen LogP contribution in [0.4, 0.5) is 13.2 Å². The van der Waals surface area contributed by atoms with Crippen LogP contribution in [0.1, 0.15) is 13.8 Å². The van der Waals surface area contributed by atoms with Crippen LogP contribution < -0.4 is 10.6 Å². The first-order valence-electron chi connectivity index (χ1n) is 5.43. The summed E-state index contributed by atoms with van der Waals surface area (Å²) in [7, 11) is 2.62. The van der Waals surface area contributed by atoms with Gasteiger partial charge in [-0.3, -0.25) is 9.79 Å². The molecule has 106 valence electrons. The molecule has 0 heterocycles. The largest absolute Gasteiger partial charge is 0.406 e. The lowest BCUT2D eigenvalue weighted by molar-refractivity contribution is -0.157. The van der Waals surface area contributed by atoms with Crippen LogP contribution in [0.15, 0.2) is 4.99 Å². The number of guanidine groups is 1. The van der Waals surface area contributed by atoms with E-state index < -0.39 is 18.6 Å². The minimum Gasteiger partial charge on any atom is -0.354 e. The fourth-order valence-corrected chi connectivity index (χ4v) is 1.12. The van der Waals surface area contributed by atoms with Crippen molar-refractivity contribution in [2.45, 2.75) is 26.1 Å². The van der Waals surface area contributed by atoms with Crippen molar-refractivity contribution in [3.05, 3.63) is 0 Å². The SMILES string of the molecule is CN=C(NCC(=O)N(C)CC(F)(F)F)NC(C)C. The zero-order valence-corrected chi connectivity index (χ0v) is 10.9. The maximum atomic E-state index is 12.1. The molecule has 0 bridgehead atoms. The predicted molar refractivity (Wildman–Crippen MR) is 63.3 cm³/mol. The average molecular weight is 268 g/mol. The van der Waals surface area contributed by atoms with Crippen molar-refractivity contribution < 1.29 is 18.0 Å². The van der Waals surface area contributed by atoms with Gasteiger partial charge in [-0.1, -0.05) is 0 Å². The number of likely N-dealkylation sites (N-methyl/N-ethyl adjacent to an activating group) is 1. The molecule has 2 N–H and O–H groups in total. The van der Waals surface area contributed by atoms with Crippen LogP contribution in [0.3, 0.4) is 0 Å². The van der Waals surface area contributed by atoms with E-state index in [0.717, 1.165) is 7.05 Å². The van der Waals surface area contributed by atoms with Crippen LogP contribution >= 0.6 is 0 Å². The van der Waals surface area contributed by atoms with Crippen LogP contribution in [-0.4, -0.2) is 56.2 Å². The third-order valence-electron chi connectivity index (χ3n) is 1.90. The van der Waals surface area contributed by atoms with Gasteiger partial charge in [0.15, 0.2) is 5.96 Å². The number of rotatable bonds is 4. The van der Waals surface area contributed by atoms with Gasteiger partial charge >= 0.3 is 6.18 Å². The molecule has 0 aromatic carbocycles. The molecule has 0 aliphatic carbocycles. The van der Waals surface area contributed by atoms with Crippen molar-refractivity contribution in [1.82, 2.24) is 15.5 Å². The summed E-state index contributed by atoms with van der Waals surface area (Å²) in [6, 6.07) is 0.110. The van der Waals surface area contributed by atoms with Gasteiger partial charge < -0.3 is 15.5 Å². The topological polar surface area (TPSA) is 56.7 Å². The highest BCUT2D eigenvalue weighted by Crippen LogP contribution is 2.15. The first-order valence-corrected chi connectivity index (χ1v) is 5.43. The Bertz CT molecular complexity index is 302. The van der Waals surface area contributed by atoms with E-state index in [-0.39, 0.29) is 12.6 Å². The van der Waals surface area contributed by atoms with Crippen molar-refractivity contribution in [1.29, 1.82) is 0 Å². The Balaban J connectivity index is 4.17. The molecule has 0 aromatic heterocycles. The highest BCUT2D eigenvalue weighted by molar-refractivity contribution is 5.86. The molecule has 0 saturated carbocycles. The van der Waals surface area contributed by atoms with Crippen LogP contribution in [0.2, 0.25) is 0 Å². The highest BCUT2D eigenvalue weighted by Gasteiger charge is 2.31. The van der Waals surface area contributed by atoms with Gasteiger partial charge in [0.05, 0.1) is 6.54 Å². The molecule has 0 aliphatic rings. The number of carbonyl (C=O) groups excluding carboxylic acids is 1. The molecule has 0 aromatic rings. The molecular formula is C10H19F3N4O. The van der Waals surface area contributed by atoms with E-state index in [4.69, 9.17) is 0 Å². The molecule has 0 rings (SSSR count). The molecule has 0 unspecified atom stereocenters. The smallest absolute Gasteiger partial charge is 0.354 e. The zero-order valence-electron chi connectivity index (χ0n) is 10.9. The number of hydrogen-bond donors (Lipinski definition) is 2. The number of carbonyl (C=O) groups is 1. The Kier molecular flexibility index (Phi) is 6.50. The summed E-state index contributed by atoms with van der Waals surface area (Å²) in [5, 5.41) is 5.57. The molecule has 5 nitrogen and oxygen atoms in total. The Morgan fingerprint density at radius 2 is 1.94 bits per heavy atom. The summed E-state index contributed by atoms with van der Waals surface area (Å²) >= 11 is 0. The maximum Gasteiger partial charge on any atom is 0.406 e. The number of halogens is 3. The lowest BCUT2D eigenvalue weighted by Crippen LogP contribution is -2.47. The zero-order chi connectivity index (χ0) is 14.3. The lowest BCUT2D eigenvalue weighted by Gasteiger charge is -2.20. The van der Waals surface area contributed by atoms with E-state index >= 15 is 0 Å². The van der Waals surface area contributed by atoms with Crippen LogP contribution in [0, 0.1) is 0 Å². The van der Waals surface area contributed by atoms with Gasteiger partial charge in [-0.2, -0.15) is 13.2 Å².